The van der Waals surface area contributed by atoms with E-state index >= 15 is 0 Å². The molecule has 1 atom stereocenters. The molecule has 2 saturated heterocycles. The number of halogens is 1. The van der Waals surface area contributed by atoms with E-state index in [-0.39, 0.29) is 11.7 Å². The van der Waals surface area contributed by atoms with Crippen molar-refractivity contribution in [2.45, 2.75) is 12.5 Å². The van der Waals surface area contributed by atoms with Crippen molar-refractivity contribution in [2.24, 2.45) is 0 Å². The van der Waals surface area contributed by atoms with Gasteiger partial charge in [-0.05, 0) is 24.6 Å². The van der Waals surface area contributed by atoms with E-state index in [1.807, 2.05) is 4.90 Å². The summed E-state index contributed by atoms with van der Waals surface area (Å²) < 4.78 is 5.36. The number of morpholine rings is 1. The van der Waals surface area contributed by atoms with Crippen LogP contribution in [0.3, 0.4) is 0 Å². The van der Waals surface area contributed by atoms with Gasteiger partial charge in [0.25, 0.3) is 5.91 Å². The summed E-state index contributed by atoms with van der Waals surface area (Å²) in [5.41, 5.74) is 0.321. The van der Waals surface area contributed by atoms with Crippen LogP contribution in [0.2, 0.25) is 5.02 Å². The molecular weight excluding hydrogens is 292 g/mol. The molecule has 0 saturated carbocycles. The van der Waals surface area contributed by atoms with Gasteiger partial charge in [-0.15, -0.1) is 0 Å². The quantitative estimate of drug-likeness (QED) is 0.901. The van der Waals surface area contributed by atoms with E-state index in [0.29, 0.717) is 23.2 Å². The van der Waals surface area contributed by atoms with Gasteiger partial charge in [0, 0.05) is 37.2 Å². The van der Waals surface area contributed by atoms with Gasteiger partial charge in [-0.3, -0.25) is 9.69 Å². The lowest BCUT2D eigenvalue weighted by molar-refractivity contribution is 0.0185. The van der Waals surface area contributed by atoms with Gasteiger partial charge in [-0.1, -0.05) is 11.6 Å². The van der Waals surface area contributed by atoms with Crippen LogP contribution in [0.1, 0.15) is 16.8 Å². The molecule has 2 fully saturated rings. The Hall–Kier alpha value is -1.30. The topological polar surface area (TPSA) is 53.0 Å². The normalized spacial score (nSPS) is 23.5. The van der Waals surface area contributed by atoms with Gasteiger partial charge >= 0.3 is 0 Å². The van der Waals surface area contributed by atoms with E-state index in [0.717, 1.165) is 39.3 Å². The van der Waals surface area contributed by atoms with E-state index in [2.05, 4.69) is 4.90 Å². The molecule has 1 aromatic carbocycles. The summed E-state index contributed by atoms with van der Waals surface area (Å²) >= 11 is 5.80. The lowest BCUT2D eigenvalue weighted by Crippen LogP contribution is -2.45. The molecule has 2 heterocycles. The Morgan fingerprint density at radius 2 is 2.05 bits per heavy atom. The summed E-state index contributed by atoms with van der Waals surface area (Å²) in [5.74, 6) is -0.178. The zero-order valence-corrected chi connectivity index (χ0v) is 12.6. The Morgan fingerprint density at radius 3 is 2.76 bits per heavy atom. The van der Waals surface area contributed by atoms with Gasteiger partial charge in [0.15, 0.2) is 0 Å². The summed E-state index contributed by atoms with van der Waals surface area (Å²) in [5, 5.41) is 10.3. The number of phenols is 1. The molecular formula is C15H19ClN2O3. The lowest BCUT2D eigenvalue weighted by atomic mass is 10.2. The molecule has 1 N–H and O–H groups in total. The summed E-state index contributed by atoms with van der Waals surface area (Å²) in [4.78, 5) is 16.7. The Labute approximate surface area is 129 Å². The van der Waals surface area contributed by atoms with Crippen LogP contribution in [-0.2, 0) is 4.74 Å². The predicted octanol–water partition coefficient (Wildman–Crippen LogP) is 1.59. The summed E-state index contributed by atoms with van der Waals surface area (Å²) in [7, 11) is 0. The van der Waals surface area contributed by atoms with Crippen molar-refractivity contribution in [3.63, 3.8) is 0 Å². The van der Waals surface area contributed by atoms with E-state index in [9.17, 15) is 9.90 Å². The SMILES string of the molecule is O=C(c1ccc(Cl)cc1O)N1CCC(N2CCOCC2)C1. The number of carbonyl (C=O) groups is 1. The fourth-order valence-corrected chi connectivity index (χ4v) is 3.19. The molecule has 0 aromatic heterocycles. The predicted molar refractivity (Wildman–Crippen MR) is 79.8 cm³/mol. The number of nitrogens with zero attached hydrogens (tertiary/aromatic N) is 2. The third-order valence-corrected chi connectivity index (χ3v) is 4.44. The fraction of sp³-hybridized carbons (Fsp3) is 0.533. The number of benzene rings is 1. The van der Waals surface area contributed by atoms with Crippen LogP contribution in [-0.4, -0.2) is 66.2 Å². The Kier molecular flexibility index (Phi) is 4.33. The smallest absolute Gasteiger partial charge is 0.257 e. The Bertz CT molecular complexity index is 532. The molecule has 2 aliphatic heterocycles. The summed E-state index contributed by atoms with van der Waals surface area (Å²) in [6, 6.07) is 5.02. The number of amides is 1. The van der Waals surface area contributed by atoms with Crippen LogP contribution < -0.4 is 0 Å². The van der Waals surface area contributed by atoms with Crippen molar-refractivity contribution < 1.29 is 14.6 Å². The minimum absolute atomic E-state index is 0.0534. The largest absolute Gasteiger partial charge is 0.507 e. The van der Waals surface area contributed by atoms with Crippen LogP contribution in [0.25, 0.3) is 0 Å². The maximum absolute atomic E-state index is 12.5. The average molecular weight is 311 g/mol. The highest BCUT2D eigenvalue weighted by molar-refractivity contribution is 6.30. The molecule has 0 radical (unpaired) electrons. The summed E-state index contributed by atoms with van der Waals surface area (Å²) in [6.45, 7) is 4.83. The average Bonchev–Trinajstić information content (AvgIpc) is 2.97. The summed E-state index contributed by atoms with van der Waals surface area (Å²) in [6.07, 6.45) is 0.972. The Morgan fingerprint density at radius 1 is 1.29 bits per heavy atom. The van der Waals surface area contributed by atoms with Crippen molar-refractivity contribution in [1.82, 2.24) is 9.80 Å². The molecule has 5 nitrogen and oxygen atoms in total. The fourth-order valence-electron chi connectivity index (χ4n) is 3.02. The second-order valence-corrected chi connectivity index (χ2v) is 5.94. The van der Waals surface area contributed by atoms with Gasteiger partial charge in [0.1, 0.15) is 5.75 Å². The highest BCUT2D eigenvalue weighted by Crippen LogP contribution is 2.25. The van der Waals surface area contributed by atoms with Crippen LogP contribution in [0.15, 0.2) is 18.2 Å². The third-order valence-electron chi connectivity index (χ3n) is 4.20. The molecule has 1 unspecified atom stereocenters. The standard InChI is InChI=1S/C15H19ClN2O3/c16-11-1-2-13(14(19)9-11)15(20)18-4-3-12(10-18)17-5-7-21-8-6-17/h1-2,9,12,19H,3-8,10H2. The first-order chi connectivity index (χ1) is 10.1. The minimum Gasteiger partial charge on any atom is -0.507 e. The third kappa shape index (κ3) is 3.15. The highest BCUT2D eigenvalue weighted by atomic mass is 35.5. The number of ether oxygens (including phenoxy) is 1. The number of carbonyl (C=O) groups excluding carboxylic acids is 1. The molecule has 6 heteroatoms. The van der Waals surface area contributed by atoms with Crippen molar-refractivity contribution in [3.05, 3.63) is 28.8 Å². The van der Waals surface area contributed by atoms with Crippen molar-refractivity contribution in [1.29, 1.82) is 0 Å². The maximum atomic E-state index is 12.5. The van der Waals surface area contributed by atoms with Crippen molar-refractivity contribution in [3.8, 4) is 5.75 Å². The molecule has 1 aromatic rings. The van der Waals surface area contributed by atoms with E-state index in [1.54, 1.807) is 12.1 Å². The molecule has 0 aliphatic carbocycles. The van der Waals surface area contributed by atoms with Gasteiger partial charge in [-0.2, -0.15) is 0 Å². The molecule has 0 spiro atoms. The molecule has 2 aliphatic rings. The number of hydrogen-bond acceptors (Lipinski definition) is 4. The molecule has 114 valence electrons. The monoisotopic (exact) mass is 310 g/mol. The van der Waals surface area contributed by atoms with E-state index < -0.39 is 0 Å². The van der Waals surface area contributed by atoms with Crippen LogP contribution in [0, 0.1) is 0 Å². The van der Waals surface area contributed by atoms with E-state index in [4.69, 9.17) is 16.3 Å². The number of hydrogen-bond donors (Lipinski definition) is 1. The van der Waals surface area contributed by atoms with E-state index in [1.165, 1.54) is 6.07 Å². The molecule has 21 heavy (non-hydrogen) atoms. The first kappa shape index (κ1) is 14.6. The number of likely N-dealkylation sites (tertiary alicyclic amines) is 1. The molecule has 1 amide bonds. The second-order valence-electron chi connectivity index (χ2n) is 5.50. The second kappa shape index (κ2) is 6.22. The first-order valence-corrected chi connectivity index (χ1v) is 7.62. The Balaban J connectivity index is 1.66. The minimum atomic E-state index is -0.125. The van der Waals surface area contributed by atoms with Gasteiger partial charge < -0.3 is 14.7 Å². The van der Waals surface area contributed by atoms with Crippen molar-refractivity contribution >= 4 is 17.5 Å². The van der Waals surface area contributed by atoms with Gasteiger partial charge in [0.05, 0.1) is 18.8 Å². The highest BCUT2D eigenvalue weighted by Gasteiger charge is 2.32. The van der Waals surface area contributed by atoms with Crippen molar-refractivity contribution in [2.75, 3.05) is 39.4 Å². The van der Waals surface area contributed by atoms with Crippen LogP contribution in [0.5, 0.6) is 5.75 Å². The molecule has 0 bridgehead atoms. The van der Waals surface area contributed by atoms with Gasteiger partial charge in [0.2, 0.25) is 0 Å². The first-order valence-electron chi connectivity index (χ1n) is 7.25. The number of rotatable bonds is 2. The lowest BCUT2D eigenvalue weighted by Gasteiger charge is -2.32. The number of phenolic OH excluding ortho intramolecular Hbond substituents is 1. The zero-order valence-electron chi connectivity index (χ0n) is 11.8. The van der Waals surface area contributed by atoms with Crippen LogP contribution >= 0.6 is 11.6 Å². The maximum Gasteiger partial charge on any atom is 0.257 e. The number of aromatic hydroxyl groups is 1. The molecule has 3 rings (SSSR count). The van der Waals surface area contributed by atoms with Crippen LogP contribution in [0.4, 0.5) is 0 Å². The zero-order chi connectivity index (χ0) is 14.8. The van der Waals surface area contributed by atoms with Gasteiger partial charge in [-0.25, -0.2) is 0 Å².